The van der Waals surface area contributed by atoms with Gasteiger partial charge in [0.2, 0.25) is 0 Å². The zero-order valence-corrected chi connectivity index (χ0v) is 14.7. The number of carbonyl (C=O) groups is 1. The lowest BCUT2D eigenvalue weighted by atomic mass is 10.1. The van der Waals surface area contributed by atoms with Crippen LogP contribution in [0.4, 0.5) is 11.6 Å². The third kappa shape index (κ3) is 4.48. The summed E-state index contributed by atoms with van der Waals surface area (Å²) in [6, 6.07) is 3.76. The lowest BCUT2D eigenvalue weighted by Crippen LogP contribution is -2.45. The number of nitrogen functional groups attached to an aromatic ring is 1. The van der Waals surface area contributed by atoms with Gasteiger partial charge >= 0.3 is 0 Å². The van der Waals surface area contributed by atoms with E-state index in [-0.39, 0.29) is 23.5 Å². The van der Waals surface area contributed by atoms with Crippen LogP contribution >= 0.6 is 0 Å². The molecule has 2 aliphatic rings. The van der Waals surface area contributed by atoms with E-state index in [0.717, 1.165) is 57.7 Å². The summed E-state index contributed by atoms with van der Waals surface area (Å²) in [6.45, 7) is 3.76. The SMILES string of the molecule is N=C(C(=O)NC1CCNCC1)c1ccc(N2CCCCCC2)nc1N. The summed E-state index contributed by atoms with van der Waals surface area (Å²) in [5, 5.41) is 14.4. The Hall–Kier alpha value is -2.15. The topological polar surface area (TPSA) is 107 Å². The molecule has 0 radical (unpaired) electrons. The highest BCUT2D eigenvalue weighted by atomic mass is 16.1. The van der Waals surface area contributed by atoms with Gasteiger partial charge in [-0.2, -0.15) is 0 Å². The molecule has 0 aliphatic carbocycles. The fourth-order valence-electron chi connectivity index (χ4n) is 3.50. The molecule has 0 atom stereocenters. The number of nitrogens with one attached hydrogen (secondary N) is 3. The van der Waals surface area contributed by atoms with Gasteiger partial charge in [0.05, 0.1) is 0 Å². The van der Waals surface area contributed by atoms with Crippen molar-refractivity contribution in [3.8, 4) is 0 Å². The van der Waals surface area contributed by atoms with Crippen molar-refractivity contribution in [2.24, 2.45) is 0 Å². The lowest BCUT2D eigenvalue weighted by Gasteiger charge is -2.24. The van der Waals surface area contributed by atoms with Crippen molar-refractivity contribution in [2.45, 2.75) is 44.6 Å². The number of hydrogen-bond donors (Lipinski definition) is 4. The molecule has 2 aliphatic heterocycles. The van der Waals surface area contributed by atoms with Crippen molar-refractivity contribution in [3.63, 3.8) is 0 Å². The lowest BCUT2D eigenvalue weighted by molar-refractivity contribution is -0.115. The van der Waals surface area contributed by atoms with Gasteiger partial charge in [-0.05, 0) is 50.9 Å². The molecule has 0 aromatic carbocycles. The number of nitrogens with zero attached hydrogens (tertiary/aromatic N) is 2. The van der Waals surface area contributed by atoms with Gasteiger partial charge in [0.1, 0.15) is 17.3 Å². The number of amides is 1. The van der Waals surface area contributed by atoms with Crippen LogP contribution in [-0.2, 0) is 4.79 Å². The van der Waals surface area contributed by atoms with Crippen LogP contribution in [-0.4, -0.2) is 48.8 Å². The maximum atomic E-state index is 12.3. The number of carbonyl (C=O) groups excluding carboxylic acids is 1. The predicted octanol–water partition coefficient (Wildman–Crippen LogP) is 1.28. The Morgan fingerprint density at radius 3 is 2.52 bits per heavy atom. The molecular weight excluding hydrogens is 316 g/mol. The maximum absolute atomic E-state index is 12.3. The first-order valence-electron chi connectivity index (χ1n) is 9.27. The Morgan fingerprint density at radius 1 is 1.20 bits per heavy atom. The standard InChI is InChI=1S/C18H28N6O/c19-16(18(25)22-13-7-9-21-10-8-13)14-5-6-15(23-17(14)20)24-11-3-1-2-4-12-24/h5-6,13,19,21H,1-4,7-12H2,(H2,20,23)(H,22,25). The van der Waals surface area contributed by atoms with Crippen LogP contribution in [0.1, 0.15) is 44.1 Å². The minimum absolute atomic E-state index is 0.106. The number of anilines is 2. The largest absolute Gasteiger partial charge is 0.383 e. The van der Waals surface area contributed by atoms with Crippen LogP contribution in [0, 0.1) is 5.41 Å². The highest BCUT2D eigenvalue weighted by Crippen LogP contribution is 2.21. The van der Waals surface area contributed by atoms with Crippen LogP contribution in [0.15, 0.2) is 12.1 Å². The average Bonchev–Trinajstić information content (AvgIpc) is 2.91. The number of pyridine rings is 1. The van der Waals surface area contributed by atoms with E-state index in [0.29, 0.717) is 5.56 Å². The fraction of sp³-hybridized carbons (Fsp3) is 0.611. The summed E-state index contributed by atoms with van der Waals surface area (Å²) < 4.78 is 0. The highest BCUT2D eigenvalue weighted by molar-refractivity contribution is 6.45. The maximum Gasteiger partial charge on any atom is 0.270 e. The average molecular weight is 344 g/mol. The molecule has 1 amide bonds. The minimum atomic E-state index is -0.372. The molecule has 7 heteroatoms. The van der Waals surface area contributed by atoms with Crippen LogP contribution in [0.25, 0.3) is 0 Å². The number of nitrogens with two attached hydrogens (primary N) is 1. The fourth-order valence-corrected chi connectivity index (χ4v) is 3.50. The van der Waals surface area contributed by atoms with E-state index >= 15 is 0 Å². The number of rotatable bonds is 4. The molecule has 7 nitrogen and oxygen atoms in total. The number of aromatic nitrogens is 1. The molecule has 0 unspecified atom stereocenters. The van der Waals surface area contributed by atoms with Crippen molar-refractivity contribution in [2.75, 3.05) is 36.8 Å². The summed E-state index contributed by atoms with van der Waals surface area (Å²) in [6.07, 6.45) is 6.62. The highest BCUT2D eigenvalue weighted by Gasteiger charge is 2.21. The molecule has 3 heterocycles. The zero-order chi connectivity index (χ0) is 17.6. The summed E-state index contributed by atoms with van der Waals surface area (Å²) in [4.78, 5) is 19.0. The summed E-state index contributed by atoms with van der Waals surface area (Å²) in [5.41, 5.74) is 6.37. The molecule has 1 aromatic rings. The molecule has 136 valence electrons. The van der Waals surface area contributed by atoms with E-state index < -0.39 is 0 Å². The first-order valence-corrected chi connectivity index (χ1v) is 9.27. The number of piperidine rings is 1. The minimum Gasteiger partial charge on any atom is -0.383 e. The van der Waals surface area contributed by atoms with Crippen molar-refractivity contribution in [1.29, 1.82) is 5.41 Å². The van der Waals surface area contributed by atoms with Gasteiger partial charge in [0, 0.05) is 24.7 Å². The quantitative estimate of drug-likeness (QED) is 0.616. The molecule has 5 N–H and O–H groups in total. The van der Waals surface area contributed by atoms with Gasteiger partial charge in [-0.25, -0.2) is 4.98 Å². The first-order chi connectivity index (χ1) is 12.1. The van der Waals surface area contributed by atoms with E-state index in [9.17, 15) is 4.79 Å². The summed E-state index contributed by atoms with van der Waals surface area (Å²) in [7, 11) is 0. The molecule has 0 spiro atoms. The molecule has 2 saturated heterocycles. The van der Waals surface area contributed by atoms with Gasteiger partial charge in [-0.15, -0.1) is 0 Å². The third-order valence-electron chi connectivity index (χ3n) is 5.01. The van der Waals surface area contributed by atoms with Crippen LogP contribution < -0.4 is 21.3 Å². The van der Waals surface area contributed by atoms with Crippen LogP contribution in [0.2, 0.25) is 0 Å². The summed E-state index contributed by atoms with van der Waals surface area (Å²) >= 11 is 0. The van der Waals surface area contributed by atoms with Crippen LogP contribution in [0.3, 0.4) is 0 Å². The molecular formula is C18H28N6O. The Balaban J connectivity index is 1.66. The van der Waals surface area contributed by atoms with Gasteiger partial charge in [0.15, 0.2) is 0 Å². The predicted molar refractivity (Wildman–Crippen MR) is 100 cm³/mol. The monoisotopic (exact) mass is 344 g/mol. The first kappa shape index (κ1) is 17.7. The normalized spacial score (nSPS) is 19.3. The zero-order valence-electron chi connectivity index (χ0n) is 14.7. The van der Waals surface area contributed by atoms with Crippen molar-refractivity contribution in [3.05, 3.63) is 17.7 Å². The van der Waals surface area contributed by atoms with Gasteiger partial charge < -0.3 is 21.3 Å². The van der Waals surface area contributed by atoms with Crippen LogP contribution in [0.5, 0.6) is 0 Å². The molecule has 0 saturated carbocycles. The van der Waals surface area contributed by atoms with E-state index in [1.807, 2.05) is 6.07 Å². The van der Waals surface area contributed by atoms with Gasteiger partial charge in [-0.3, -0.25) is 10.2 Å². The second-order valence-corrected chi connectivity index (χ2v) is 6.88. The Morgan fingerprint density at radius 2 is 1.88 bits per heavy atom. The van der Waals surface area contributed by atoms with E-state index in [1.165, 1.54) is 12.8 Å². The number of hydrogen-bond acceptors (Lipinski definition) is 6. The second kappa shape index (κ2) is 8.29. The van der Waals surface area contributed by atoms with Gasteiger partial charge in [0.25, 0.3) is 5.91 Å². The van der Waals surface area contributed by atoms with Crippen molar-refractivity contribution >= 4 is 23.3 Å². The van der Waals surface area contributed by atoms with E-state index in [1.54, 1.807) is 6.07 Å². The molecule has 25 heavy (non-hydrogen) atoms. The Labute approximate surface area is 148 Å². The van der Waals surface area contributed by atoms with Crippen molar-refractivity contribution in [1.82, 2.24) is 15.6 Å². The molecule has 3 rings (SSSR count). The van der Waals surface area contributed by atoms with Gasteiger partial charge in [-0.1, -0.05) is 12.8 Å². The Bertz CT molecular complexity index is 618. The smallest absolute Gasteiger partial charge is 0.270 e. The van der Waals surface area contributed by atoms with E-state index in [4.69, 9.17) is 11.1 Å². The van der Waals surface area contributed by atoms with Crippen molar-refractivity contribution < 1.29 is 4.79 Å². The molecule has 0 bridgehead atoms. The molecule has 2 fully saturated rings. The summed E-state index contributed by atoms with van der Waals surface area (Å²) in [5.74, 6) is 0.727. The van der Waals surface area contributed by atoms with E-state index in [2.05, 4.69) is 20.5 Å². The second-order valence-electron chi connectivity index (χ2n) is 6.88. The Kier molecular flexibility index (Phi) is 5.86. The molecule has 1 aromatic heterocycles. The third-order valence-corrected chi connectivity index (χ3v) is 5.01.